The number of aromatic nitrogens is 1. The van der Waals surface area contributed by atoms with Crippen LogP contribution in [0.2, 0.25) is 5.02 Å². The molecule has 0 saturated heterocycles. The summed E-state index contributed by atoms with van der Waals surface area (Å²) in [6.07, 6.45) is 1.86. The number of aryl methyl sites for hydroxylation is 1. The lowest BCUT2D eigenvalue weighted by Crippen LogP contribution is -2.22. The third-order valence-electron chi connectivity index (χ3n) is 2.82. The maximum atomic E-state index is 5.94. The molecule has 0 saturated carbocycles. The van der Waals surface area contributed by atoms with Gasteiger partial charge in [-0.15, -0.1) is 0 Å². The van der Waals surface area contributed by atoms with Crippen LogP contribution in [0.5, 0.6) is 11.5 Å². The highest BCUT2D eigenvalue weighted by molar-refractivity contribution is 6.30. The second kappa shape index (κ2) is 6.73. The number of pyridine rings is 1. The van der Waals surface area contributed by atoms with Crippen LogP contribution in [0.1, 0.15) is 25.1 Å². The average molecular weight is 291 g/mol. The van der Waals surface area contributed by atoms with Gasteiger partial charge in [0, 0.05) is 41.1 Å². The fourth-order valence-corrected chi connectivity index (χ4v) is 1.86. The van der Waals surface area contributed by atoms with E-state index < -0.39 is 0 Å². The molecule has 1 aromatic heterocycles. The quantitative estimate of drug-likeness (QED) is 0.890. The van der Waals surface area contributed by atoms with Crippen molar-refractivity contribution in [3.8, 4) is 11.5 Å². The zero-order valence-corrected chi connectivity index (χ0v) is 12.7. The van der Waals surface area contributed by atoms with E-state index in [0.717, 1.165) is 29.3 Å². The zero-order chi connectivity index (χ0) is 14.5. The van der Waals surface area contributed by atoms with Crippen molar-refractivity contribution < 1.29 is 4.74 Å². The minimum atomic E-state index is 0.416. The fraction of sp³-hybridized carbons (Fsp3) is 0.312. The summed E-state index contributed by atoms with van der Waals surface area (Å²) in [5.41, 5.74) is 1.97. The first-order chi connectivity index (χ1) is 9.54. The molecule has 1 aromatic carbocycles. The van der Waals surface area contributed by atoms with Crippen molar-refractivity contribution >= 4 is 11.6 Å². The third-order valence-corrected chi connectivity index (χ3v) is 3.07. The van der Waals surface area contributed by atoms with Crippen LogP contribution in [0.4, 0.5) is 0 Å². The van der Waals surface area contributed by atoms with Crippen molar-refractivity contribution in [2.24, 2.45) is 0 Å². The SMILES string of the molecule is Cc1cc(Oc2ccc(Cl)cc2)c(CNC(C)C)cn1. The van der Waals surface area contributed by atoms with Gasteiger partial charge in [0.25, 0.3) is 0 Å². The summed E-state index contributed by atoms with van der Waals surface area (Å²) >= 11 is 5.88. The Balaban J connectivity index is 2.20. The van der Waals surface area contributed by atoms with Gasteiger partial charge in [0.2, 0.25) is 0 Å². The predicted molar refractivity (Wildman–Crippen MR) is 82.5 cm³/mol. The van der Waals surface area contributed by atoms with E-state index in [2.05, 4.69) is 24.1 Å². The number of hydrogen-bond donors (Lipinski definition) is 1. The van der Waals surface area contributed by atoms with Crippen LogP contribution in [0.25, 0.3) is 0 Å². The number of benzene rings is 1. The van der Waals surface area contributed by atoms with E-state index in [0.29, 0.717) is 11.1 Å². The summed E-state index contributed by atoms with van der Waals surface area (Å²) < 4.78 is 5.94. The predicted octanol–water partition coefficient (Wildman–Crippen LogP) is 4.33. The van der Waals surface area contributed by atoms with Crippen molar-refractivity contribution in [3.63, 3.8) is 0 Å². The van der Waals surface area contributed by atoms with Gasteiger partial charge in [0.1, 0.15) is 11.5 Å². The molecule has 0 aliphatic rings. The first kappa shape index (κ1) is 14.8. The summed E-state index contributed by atoms with van der Waals surface area (Å²) in [6, 6.07) is 9.72. The molecule has 20 heavy (non-hydrogen) atoms. The molecule has 0 fully saturated rings. The number of rotatable bonds is 5. The van der Waals surface area contributed by atoms with Crippen LogP contribution < -0.4 is 10.1 Å². The van der Waals surface area contributed by atoms with Gasteiger partial charge in [-0.25, -0.2) is 0 Å². The second-order valence-corrected chi connectivity index (χ2v) is 5.46. The molecular formula is C16H19ClN2O. The molecule has 3 nitrogen and oxygen atoms in total. The molecule has 4 heteroatoms. The summed E-state index contributed by atoms with van der Waals surface area (Å²) in [5.74, 6) is 1.60. The van der Waals surface area contributed by atoms with E-state index in [1.165, 1.54) is 0 Å². The standard InChI is InChI=1S/C16H19ClN2O/c1-11(2)18-9-13-10-19-12(3)8-16(13)20-15-6-4-14(17)5-7-15/h4-8,10-11,18H,9H2,1-3H3. The van der Waals surface area contributed by atoms with E-state index in [-0.39, 0.29) is 0 Å². The topological polar surface area (TPSA) is 34.1 Å². The van der Waals surface area contributed by atoms with Crippen molar-refractivity contribution in [2.45, 2.75) is 33.4 Å². The smallest absolute Gasteiger partial charge is 0.135 e. The first-order valence-electron chi connectivity index (χ1n) is 6.67. The highest BCUT2D eigenvalue weighted by atomic mass is 35.5. The van der Waals surface area contributed by atoms with Crippen molar-refractivity contribution in [3.05, 3.63) is 52.8 Å². The molecule has 2 aromatic rings. The number of ether oxygens (including phenoxy) is 1. The van der Waals surface area contributed by atoms with Crippen LogP contribution in [-0.4, -0.2) is 11.0 Å². The molecule has 0 unspecified atom stereocenters. The Labute approximate surface area is 124 Å². The van der Waals surface area contributed by atoms with Crippen LogP contribution in [0.15, 0.2) is 36.5 Å². The molecule has 0 spiro atoms. The number of hydrogen-bond acceptors (Lipinski definition) is 3. The Bertz CT molecular complexity index is 567. The van der Waals surface area contributed by atoms with Crippen molar-refractivity contribution in [1.29, 1.82) is 0 Å². The number of nitrogens with zero attached hydrogens (tertiary/aromatic N) is 1. The van der Waals surface area contributed by atoms with Crippen molar-refractivity contribution in [2.75, 3.05) is 0 Å². The van der Waals surface area contributed by atoms with E-state index in [4.69, 9.17) is 16.3 Å². The van der Waals surface area contributed by atoms with Gasteiger partial charge in [-0.2, -0.15) is 0 Å². The monoisotopic (exact) mass is 290 g/mol. The molecule has 106 valence electrons. The summed E-state index contributed by atoms with van der Waals surface area (Å²) in [4.78, 5) is 4.33. The Kier molecular flexibility index (Phi) is 4.99. The van der Waals surface area contributed by atoms with Crippen molar-refractivity contribution in [1.82, 2.24) is 10.3 Å². The molecule has 1 N–H and O–H groups in total. The fourth-order valence-electron chi connectivity index (χ4n) is 1.73. The molecule has 0 radical (unpaired) electrons. The van der Waals surface area contributed by atoms with E-state index in [9.17, 15) is 0 Å². The minimum Gasteiger partial charge on any atom is -0.457 e. The van der Waals surface area contributed by atoms with Gasteiger partial charge in [-0.1, -0.05) is 25.4 Å². The minimum absolute atomic E-state index is 0.416. The number of halogens is 1. The highest BCUT2D eigenvalue weighted by Gasteiger charge is 2.07. The van der Waals surface area contributed by atoms with Gasteiger partial charge in [-0.05, 0) is 31.2 Å². The van der Waals surface area contributed by atoms with Gasteiger partial charge >= 0.3 is 0 Å². The number of nitrogens with one attached hydrogen (secondary N) is 1. The van der Waals surface area contributed by atoms with Crippen LogP contribution >= 0.6 is 11.6 Å². The molecule has 0 aliphatic carbocycles. The lowest BCUT2D eigenvalue weighted by atomic mass is 10.2. The normalized spacial score (nSPS) is 10.8. The van der Waals surface area contributed by atoms with Gasteiger partial charge < -0.3 is 10.1 Å². The summed E-state index contributed by atoms with van der Waals surface area (Å²) in [7, 11) is 0. The van der Waals surface area contributed by atoms with Crippen LogP contribution in [0.3, 0.4) is 0 Å². The van der Waals surface area contributed by atoms with Crippen LogP contribution in [-0.2, 0) is 6.54 Å². The molecule has 0 atom stereocenters. The summed E-state index contributed by atoms with van der Waals surface area (Å²) in [6.45, 7) is 6.91. The Morgan fingerprint density at radius 3 is 2.60 bits per heavy atom. The second-order valence-electron chi connectivity index (χ2n) is 5.02. The maximum Gasteiger partial charge on any atom is 0.135 e. The van der Waals surface area contributed by atoms with Crippen LogP contribution in [0, 0.1) is 6.92 Å². The largest absolute Gasteiger partial charge is 0.457 e. The molecular weight excluding hydrogens is 272 g/mol. The molecule has 0 aliphatic heterocycles. The zero-order valence-electron chi connectivity index (χ0n) is 12.0. The van der Waals surface area contributed by atoms with Gasteiger partial charge in [0.15, 0.2) is 0 Å². The van der Waals surface area contributed by atoms with E-state index in [1.807, 2.05) is 43.5 Å². The average Bonchev–Trinajstić information content (AvgIpc) is 2.40. The summed E-state index contributed by atoms with van der Waals surface area (Å²) in [5, 5.41) is 4.07. The lowest BCUT2D eigenvalue weighted by Gasteiger charge is -2.14. The molecule has 0 amide bonds. The van der Waals surface area contributed by atoms with Gasteiger partial charge in [-0.3, -0.25) is 4.98 Å². The maximum absolute atomic E-state index is 5.94. The third kappa shape index (κ3) is 4.22. The first-order valence-corrected chi connectivity index (χ1v) is 7.04. The Morgan fingerprint density at radius 2 is 1.95 bits per heavy atom. The lowest BCUT2D eigenvalue weighted by molar-refractivity contribution is 0.467. The highest BCUT2D eigenvalue weighted by Crippen LogP contribution is 2.26. The molecule has 2 rings (SSSR count). The van der Waals surface area contributed by atoms with E-state index >= 15 is 0 Å². The van der Waals surface area contributed by atoms with Gasteiger partial charge in [0.05, 0.1) is 0 Å². The Morgan fingerprint density at radius 1 is 1.25 bits per heavy atom. The molecule has 1 heterocycles. The molecule has 0 bridgehead atoms. The Hall–Kier alpha value is -1.58. The van der Waals surface area contributed by atoms with E-state index in [1.54, 1.807) is 0 Å².